The third kappa shape index (κ3) is 3.04. The molecule has 2 aromatic heterocycles. The largest absolute Gasteiger partial charge is 0.481 e. The molecule has 2 rings (SSSR count). The highest BCUT2D eigenvalue weighted by molar-refractivity contribution is 5.91. The Morgan fingerprint density at radius 3 is 2.84 bits per heavy atom. The van der Waals surface area contributed by atoms with E-state index in [2.05, 4.69) is 15.0 Å². The number of amides is 1. The Morgan fingerprint density at radius 2 is 2.16 bits per heavy atom. The summed E-state index contributed by atoms with van der Waals surface area (Å²) in [5, 5.41) is 0. The number of rotatable bonds is 4. The van der Waals surface area contributed by atoms with Crippen LogP contribution in [0, 0.1) is 0 Å². The van der Waals surface area contributed by atoms with Crippen molar-refractivity contribution in [1.29, 1.82) is 0 Å². The first-order valence-electron chi connectivity index (χ1n) is 5.71. The van der Waals surface area contributed by atoms with Crippen molar-refractivity contribution in [2.24, 2.45) is 0 Å². The number of pyridine rings is 1. The van der Waals surface area contributed by atoms with Crippen molar-refractivity contribution in [2.75, 3.05) is 14.2 Å². The summed E-state index contributed by atoms with van der Waals surface area (Å²) in [5.41, 5.74) is 1.15. The normalized spacial score (nSPS) is 10.0. The number of hydrogen-bond donors (Lipinski definition) is 0. The molecule has 0 atom stereocenters. The fourth-order valence-corrected chi connectivity index (χ4v) is 1.66. The van der Waals surface area contributed by atoms with Crippen molar-refractivity contribution >= 4 is 5.91 Å². The maximum absolute atomic E-state index is 12.1. The summed E-state index contributed by atoms with van der Waals surface area (Å²) in [4.78, 5) is 25.6. The van der Waals surface area contributed by atoms with E-state index in [0.29, 0.717) is 18.1 Å². The molecular formula is C13H14N4O2. The maximum atomic E-state index is 12.1. The fourth-order valence-electron chi connectivity index (χ4n) is 1.66. The minimum atomic E-state index is -0.195. The third-order valence-corrected chi connectivity index (χ3v) is 2.58. The molecule has 0 aliphatic rings. The molecule has 0 aliphatic heterocycles. The maximum Gasteiger partial charge on any atom is 0.274 e. The van der Waals surface area contributed by atoms with Crippen molar-refractivity contribution in [3.63, 3.8) is 0 Å². The van der Waals surface area contributed by atoms with E-state index in [1.54, 1.807) is 31.3 Å². The molecule has 6 nitrogen and oxygen atoms in total. The molecule has 1 amide bonds. The molecule has 0 radical (unpaired) electrons. The van der Waals surface area contributed by atoms with Crippen LogP contribution in [0.3, 0.4) is 0 Å². The molecule has 0 aromatic carbocycles. The van der Waals surface area contributed by atoms with Gasteiger partial charge in [0.25, 0.3) is 5.91 Å². The Labute approximate surface area is 111 Å². The Hall–Kier alpha value is -2.50. The zero-order chi connectivity index (χ0) is 13.7. The molecule has 2 aromatic rings. The summed E-state index contributed by atoms with van der Waals surface area (Å²) in [6, 6.07) is 3.67. The number of carbonyl (C=O) groups excluding carboxylic acids is 1. The van der Waals surface area contributed by atoms with Crippen molar-refractivity contribution in [1.82, 2.24) is 19.9 Å². The molecular weight excluding hydrogens is 244 g/mol. The molecule has 6 heteroatoms. The van der Waals surface area contributed by atoms with Gasteiger partial charge in [-0.15, -0.1) is 0 Å². The zero-order valence-corrected chi connectivity index (χ0v) is 10.8. The minimum absolute atomic E-state index is 0.195. The second-order valence-corrected chi connectivity index (χ2v) is 3.92. The summed E-state index contributed by atoms with van der Waals surface area (Å²) in [6.07, 6.45) is 6.11. The van der Waals surface area contributed by atoms with E-state index in [0.717, 1.165) is 5.56 Å². The fraction of sp³-hybridized carbons (Fsp3) is 0.231. The van der Waals surface area contributed by atoms with E-state index in [9.17, 15) is 4.79 Å². The minimum Gasteiger partial charge on any atom is -0.481 e. The summed E-state index contributed by atoms with van der Waals surface area (Å²) in [6.45, 7) is 0.395. The monoisotopic (exact) mass is 258 g/mol. The quantitative estimate of drug-likeness (QED) is 0.823. The lowest BCUT2D eigenvalue weighted by Gasteiger charge is -2.17. The second-order valence-electron chi connectivity index (χ2n) is 3.92. The highest BCUT2D eigenvalue weighted by Gasteiger charge is 2.15. The van der Waals surface area contributed by atoms with Crippen molar-refractivity contribution in [3.8, 4) is 5.88 Å². The van der Waals surface area contributed by atoms with Crippen LogP contribution in [0.2, 0.25) is 0 Å². The molecule has 0 bridgehead atoms. The first kappa shape index (κ1) is 12.9. The molecule has 0 N–H and O–H groups in total. The van der Waals surface area contributed by atoms with E-state index in [4.69, 9.17) is 4.74 Å². The summed E-state index contributed by atoms with van der Waals surface area (Å²) in [5.74, 6) is 0.320. The Morgan fingerprint density at radius 1 is 1.32 bits per heavy atom. The van der Waals surface area contributed by atoms with Crippen LogP contribution in [0.25, 0.3) is 0 Å². The molecule has 0 saturated heterocycles. The van der Waals surface area contributed by atoms with Crippen LogP contribution in [-0.4, -0.2) is 39.9 Å². The van der Waals surface area contributed by atoms with Gasteiger partial charge in [-0.05, 0) is 6.07 Å². The van der Waals surface area contributed by atoms with Gasteiger partial charge in [0.1, 0.15) is 5.69 Å². The first-order chi connectivity index (χ1) is 9.22. The van der Waals surface area contributed by atoms with Crippen molar-refractivity contribution in [2.45, 2.75) is 6.54 Å². The first-order valence-corrected chi connectivity index (χ1v) is 5.71. The van der Waals surface area contributed by atoms with Crippen LogP contribution in [0.1, 0.15) is 16.1 Å². The van der Waals surface area contributed by atoms with Gasteiger partial charge in [-0.3, -0.25) is 9.78 Å². The van der Waals surface area contributed by atoms with Crippen LogP contribution in [0.5, 0.6) is 5.88 Å². The van der Waals surface area contributed by atoms with Gasteiger partial charge in [0, 0.05) is 31.2 Å². The van der Waals surface area contributed by atoms with E-state index in [1.807, 2.05) is 6.07 Å². The molecule has 0 aliphatic carbocycles. The van der Waals surface area contributed by atoms with Gasteiger partial charge < -0.3 is 9.64 Å². The molecule has 0 saturated carbocycles. The summed E-state index contributed by atoms with van der Waals surface area (Å²) in [7, 11) is 3.25. The Bertz CT molecular complexity index is 560. The highest BCUT2D eigenvalue weighted by Crippen LogP contribution is 2.16. The van der Waals surface area contributed by atoms with Gasteiger partial charge in [-0.25, -0.2) is 9.97 Å². The van der Waals surface area contributed by atoms with Crippen LogP contribution in [0.15, 0.2) is 36.9 Å². The van der Waals surface area contributed by atoms with Crippen LogP contribution in [-0.2, 0) is 6.54 Å². The van der Waals surface area contributed by atoms with Crippen LogP contribution < -0.4 is 4.74 Å². The standard InChI is InChI=1S/C13H14N4O2/c1-17(13(18)11-8-14-6-7-15-11)9-10-4-3-5-16-12(10)19-2/h3-8H,9H2,1-2H3. The highest BCUT2D eigenvalue weighted by atomic mass is 16.5. The Balaban J connectivity index is 2.13. The lowest BCUT2D eigenvalue weighted by atomic mass is 10.2. The predicted molar refractivity (Wildman–Crippen MR) is 68.6 cm³/mol. The van der Waals surface area contributed by atoms with Gasteiger partial charge >= 0.3 is 0 Å². The molecule has 2 heterocycles. The van der Waals surface area contributed by atoms with Crippen LogP contribution >= 0.6 is 0 Å². The molecule has 0 unspecified atom stereocenters. The summed E-state index contributed by atoms with van der Waals surface area (Å²) < 4.78 is 5.15. The summed E-state index contributed by atoms with van der Waals surface area (Å²) >= 11 is 0. The molecule has 98 valence electrons. The third-order valence-electron chi connectivity index (χ3n) is 2.58. The van der Waals surface area contributed by atoms with Gasteiger partial charge in [0.2, 0.25) is 5.88 Å². The average Bonchev–Trinajstić information content (AvgIpc) is 2.48. The molecule has 0 fully saturated rings. The number of aromatic nitrogens is 3. The average molecular weight is 258 g/mol. The lowest BCUT2D eigenvalue weighted by molar-refractivity contribution is 0.0777. The van der Waals surface area contributed by atoms with Crippen molar-refractivity contribution in [3.05, 3.63) is 48.2 Å². The van der Waals surface area contributed by atoms with E-state index >= 15 is 0 Å². The number of carbonyl (C=O) groups is 1. The number of ether oxygens (including phenoxy) is 1. The second kappa shape index (κ2) is 5.90. The Kier molecular flexibility index (Phi) is 4.02. The number of methoxy groups -OCH3 is 1. The van der Waals surface area contributed by atoms with E-state index in [-0.39, 0.29) is 5.91 Å². The lowest BCUT2D eigenvalue weighted by Crippen LogP contribution is -2.27. The smallest absolute Gasteiger partial charge is 0.274 e. The van der Waals surface area contributed by atoms with Crippen molar-refractivity contribution < 1.29 is 9.53 Å². The molecule has 0 spiro atoms. The number of nitrogens with zero attached hydrogens (tertiary/aromatic N) is 4. The molecule has 19 heavy (non-hydrogen) atoms. The number of hydrogen-bond acceptors (Lipinski definition) is 5. The van der Waals surface area contributed by atoms with Gasteiger partial charge in [0.05, 0.1) is 19.9 Å². The van der Waals surface area contributed by atoms with Crippen LogP contribution in [0.4, 0.5) is 0 Å². The predicted octanol–water partition coefficient (Wildman–Crippen LogP) is 1.15. The van der Waals surface area contributed by atoms with Gasteiger partial charge in [-0.2, -0.15) is 0 Å². The zero-order valence-electron chi connectivity index (χ0n) is 10.8. The SMILES string of the molecule is COc1ncccc1CN(C)C(=O)c1cnccn1. The van der Waals surface area contributed by atoms with Gasteiger partial charge in [-0.1, -0.05) is 6.07 Å². The topological polar surface area (TPSA) is 68.2 Å². The van der Waals surface area contributed by atoms with Gasteiger partial charge in [0.15, 0.2) is 0 Å². The van der Waals surface area contributed by atoms with E-state index < -0.39 is 0 Å². The van der Waals surface area contributed by atoms with E-state index in [1.165, 1.54) is 18.6 Å².